The quantitative estimate of drug-likeness (QED) is 0.666. The van der Waals surface area contributed by atoms with Crippen molar-refractivity contribution < 1.29 is 4.79 Å². The molecular formula is C5H8N2OS2. The van der Waals surface area contributed by atoms with Crippen LogP contribution in [0, 0.1) is 0 Å². The average Bonchev–Trinajstić information content (AvgIpc) is 1.87. The Hall–Kier alpha value is -0.550. The molecule has 0 aliphatic carbocycles. The molecule has 0 aliphatic rings. The van der Waals surface area contributed by atoms with E-state index < -0.39 is 6.03 Å². The highest BCUT2D eigenvalue weighted by atomic mass is 32.2. The zero-order chi connectivity index (χ0) is 7.98. The Morgan fingerprint density at radius 1 is 1.40 bits per heavy atom. The number of urea groups is 1. The molecule has 0 unspecified atom stereocenters. The Balaban J connectivity index is 3.83. The van der Waals surface area contributed by atoms with Crippen molar-refractivity contribution in [2.24, 2.45) is 5.73 Å². The van der Waals surface area contributed by atoms with E-state index in [1.165, 1.54) is 14.5 Å². The highest BCUT2D eigenvalue weighted by Crippen LogP contribution is 2.21. The van der Waals surface area contributed by atoms with Crippen LogP contribution in [0.1, 0.15) is 0 Å². The molecule has 0 saturated heterocycles. The molecule has 0 spiro atoms. The molecule has 0 heterocycles. The van der Waals surface area contributed by atoms with Crippen molar-refractivity contribution in [3.05, 3.63) is 24.0 Å². The molecule has 0 rings (SSSR count). The Labute approximate surface area is 68.6 Å². The number of amides is 2. The molecule has 2 N–H and O–H groups in total. The second kappa shape index (κ2) is 5.25. The van der Waals surface area contributed by atoms with Crippen molar-refractivity contribution in [1.29, 1.82) is 0 Å². The Morgan fingerprint density at radius 3 is 2.00 bits per heavy atom. The van der Waals surface area contributed by atoms with Crippen molar-refractivity contribution in [2.75, 3.05) is 0 Å². The lowest BCUT2D eigenvalue weighted by Gasteiger charge is -2.11. The molecule has 3 nitrogen and oxygen atoms in total. The molecular weight excluding hydrogens is 168 g/mol. The molecule has 2 amide bonds. The molecule has 0 saturated carbocycles. The number of carbonyl (C=O) groups excluding carboxylic acids is 1. The number of carbonyl (C=O) groups is 1. The predicted molar refractivity (Wildman–Crippen MR) is 47.0 cm³/mol. The molecule has 0 radical (unpaired) electrons. The monoisotopic (exact) mass is 176 g/mol. The van der Waals surface area contributed by atoms with Gasteiger partial charge in [-0.05, 0) is 34.7 Å². The van der Waals surface area contributed by atoms with Gasteiger partial charge in [0.1, 0.15) is 0 Å². The standard InChI is InChI=1S/C5H8N2OS2/c1-3-9-7(5(6)8)10-4-2/h3-4H,1-2H2,(H2,6,8). The first kappa shape index (κ1) is 9.45. The number of hydrogen-bond donors (Lipinski definition) is 1. The summed E-state index contributed by atoms with van der Waals surface area (Å²) in [5.74, 6) is 0. The van der Waals surface area contributed by atoms with Gasteiger partial charge in [0.15, 0.2) is 0 Å². The van der Waals surface area contributed by atoms with Gasteiger partial charge in [0.2, 0.25) is 0 Å². The van der Waals surface area contributed by atoms with Crippen LogP contribution in [-0.4, -0.2) is 9.74 Å². The van der Waals surface area contributed by atoms with Crippen LogP contribution in [0.4, 0.5) is 4.79 Å². The van der Waals surface area contributed by atoms with Gasteiger partial charge in [-0.15, -0.1) is 0 Å². The smallest absolute Gasteiger partial charge is 0.335 e. The summed E-state index contributed by atoms with van der Waals surface area (Å²) in [5, 5.41) is 3.03. The van der Waals surface area contributed by atoms with Crippen LogP contribution in [0.5, 0.6) is 0 Å². The molecule has 0 aliphatic heterocycles. The van der Waals surface area contributed by atoms with Crippen LogP contribution in [-0.2, 0) is 0 Å². The summed E-state index contributed by atoms with van der Waals surface area (Å²) >= 11 is 2.25. The van der Waals surface area contributed by atoms with E-state index in [9.17, 15) is 4.79 Å². The van der Waals surface area contributed by atoms with E-state index in [-0.39, 0.29) is 0 Å². The molecule has 0 atom stereocenters. The maximum atomic E-state index is 10.5. The van der Waals surface area contributed by atoms with Gasteiger partial charge in [0.25, 0.3) is 0 Å². The normalized spacial score (nSPS) is 8.40. The minimum Gasteiger partial charge on any atom is -0.350 e. The summed E-state index contributed by atoms with van der Waals surface area (Å²) in [5.41, 5.74) is 4.96. The zero-order valence-corrected chi connectivity index (χ0v) is 6.95. The van der Waals surface area contributed by atoms with E-state index in [2.05, 4.69) is 13.2 Å². The van der Waals surface area contributed by atoms with Crippen LogP contribution >= 0.6 is 23.9 Å². The van der Waals surface area contributed by atoms with Crippen molar-refractivity contribution in [3.63, 3.8) is 0 Å². The molecule has 10 heavy (non-hydrogen) atoms. The molecule has 5 heteroatoms. The predicted octanol–water partition coefficient (Wildman–Crippen LogP) is 1.95. The van der Waals surface area contributed by atoms with E-state index in [1.807, 2.05) is 0 Å². The number of hydrogen-bond acceptors (Lipinski definition) is 3. The van der Waals surface area contributed by atoms with E-state index in [0.29, 0.717) is 0 Å². The van der Waals surface area contributed by atoms with Gasteiger partial charge in [-0.1, -0.05) is 13.2 Å². The second-order valence-electron chi connectivity index (χ2n) is 1.14. The van der Waals surface area contributed by atoms with Gasteiger partial charge in [-0.25, -0.2) is 8.51 Å². The fourth-order valence-corrected chi connectivity index (χ4v) is 1.31. The van der Waals surface area contributed by atoms with Crippen LogP contribution in [0.3, 0.4) is 0 Å². The molecule has 0 bridgehead atoms. The molecule has 0 aromatic rings. The fourth-order valence-electron chi connectivity index (χ4n) is 0.264. The van der Waals surface area contributed by atoms with Gasteiger partial charge < -0.3 is 5.73 Å². The van der Waals surface area contributed by atoms with Gasteiger partial charge in [-0.2, -0.15) is 0 Å². The first-order chi connectivity index (χ1) is 4.72. The summed E-state index contributed by atoms with van der Waals surface area (Å²) < 4.78 is 1.26. The topological polar surface area (TPSA) is 46.3 Å². The minimum atomic E-state index is -0.519. The molecule has 0 aromatic carbocycles. The Bertz CT molecular complexity index is 139. The zero-order valence-electron chi connectivity index (χ0n) is 5.32. The Morgan fingerprint density at radius 2 is 1.80 bits per heavy atom. The van der Waals surface area contributed by atoms with Crippen LogP contribution in [0.15, 0.2) is 24.0 Å². The lowest BCUT2D eigenvalue weighted by Crippen LogP contribution is -2.22. The van der Waals surface area contributed by atoms with E-state index in [4.69, 9.17) is 5.73 Å². The SMILES string of the molecule is C=CSN(SC=C)C(N)=O. The third-order valence-electron chi connectivity index (χ3n) is 0.520. The largest absolute Gasteiger partial charge is 0.350 e. The number of primary amides is 1. The Kier molecular flexibility index (Phi) is 4.96. The van der Waals surface area contributed by atoms with Crippen molar-refractivity contribution >= 4 is 29.9 Å². The van der Waals surface area contributed by atoms with E-state index >= 15 is 0 Å². The van der Waals surface area contributed by atoms with Crippen molar-refractivity contribution in [3.8, 4) is 0 Å². The third kappa shape index (κ3) is 3.47. The van der Waals surface area contributed by atoms with Crippen LogP contribution in [0.25, 0.3) is 0 Å². The van der Waals surface area contributed by atoms with E-state index in [0.717, 1.165) is 23.9 Å². The lowest BCUT2D eigenvalue weighted by atomic mass is 11.2. The average molecular weight is 176 g/mol. The first-order valence-corrected chi connectivity index (χ1v) is 4.04. The maximum absolute atomic E-state index is 10.5. The summed E-state index contributed by atoms with van der Waals surface area (Å²) in [7, 11) is 0. The van der Waals surface area contributed by atoms with Gasteiger partial charge in [-0.3, -0.25) is 0 Å². The highest BCUT2D eigenvalue weighted by Gasteiger charge is 2.05. The molecule has 0 fully saturated rings. The number of nitrogens with two attached hydrogens (primary N) is 1. The number of rotatable bonds is 4. The third-order valence-corrected chi connectivity index (χ3v) is 2.08. The minimum absolute atomic E-state index is 0.519. The fraction of sp³-hybridized carbons (Fsp3) is 0. The van der Waals surface area contributed by atoms with Crippen molar-refractivity contribution in [2.45, 2.75) is 0 Å². The second-order valence-corrected chi connectivity index (χ2v) is 3.19. The summed E-state index contributed by atoms with van der Waals surface area (Å²) in [4.78, 5) is 10.5. The number of nitrogens with zero attached hydrogens (tertiary/aromatic N) is 1. The summed E-state index contributed by atoms with van der Waals surface area (Å²) in [6, 6.07) is -0.519. The van der Waals surface area contributed by atoms with E-state index in [1.54, 1.807) is 0 Å². The van der Waals surface area contributed by atoms with Gasteiger partial charge in [0, 0.05) is 0 Å². The lowest BCUT2D eigenvalue weighted by molar-refractivity contribution is 0.247. The molecule has 56 valence electrons. The summed E-state index contributed by atoms with van der Waals surface area (Å²) in [6.45, 7) is 6.86. The highest BCUT2D eigenvalue weighted by molar-refractivity contribution is 8.15. The van der Waals surface area contributed by atoms with Gasteiger partial charge >= 0.3 is 6.03 Å². The maximum Gasteiger partial charge on any atom is 0.335 e. The van der Waals surface area contributed by atoms with Crippen molar-refractivity contribution in [1.82, 2.24) is 3.71 Å². The van der Waals surface area contributed by atoms with Gasteiger partial charge in [0.05, 0.1) is 0 Å². The molecule has 0 aromatic heterocycles. The van der Waals surface area contributed by atoms with Crippen LogP contribution in [0.2, 0.25) is 0 Å². The van der Waals surface area contributed by atoms with Crippen LogP contribution < -0.4 is 5.73 Å². The first-order valence-electron chi connectivity index (χ1n) is 2.37. The summed E-state index contributed by atoms with van der Waals surface area (Å²) in [6.07, 6.45) is 0.